The third-order valence-corrected chi connectivity index (χ3v) is 4.60. The van der Waals surface area contributed by atoms with Gasteiger partial charge in [0.25, 0.3) is 0 Å². The maximum atomic E-state index is 6.22. The molecule has 1 saturated heterocycles. The second kappa shape index (κ2) is 11.4. The molecule has 0 amide bonds. The van der Waals surface area contributed by atoms with Crippen LogP contribution in [0.15, 0.2) is 23.2 Å². The van der Waals surface area contributed by atoms with Gasteiger partial charge in [0.2, 0.25) is 0 Å². The number of aliphatic imine (C=N–C) groups is 1. The highest BCUT2D eigenvalue weighted by Crippen LogP contribution is 2.25. The van der Waals surface area contributed by atoms with Crippen molar-refractivity contribution in [2.45, 2.75) is 19.9 Å². The first-order valence-corrected chi connectivity index (χ1v) is 9.03. The van der Waals surface area contributed by atoms with Crippen LogP contribution >= 0.6 is 47.2 Å². The normalized spacial score (nSPS) is 18.3. The largest absolute Gasteiger partial charge is 0.379 e. The van der Waals surface area contributed by atoms with E-state index in [0.717, 1.165) is 38.4 Å². The highest BCUT2D eigenvalue weighted by atomic mass is 127. The number of halogens is 3. The van der Waals surface area contributed by atoms with Crippen molar-refractivity contribution >= 4 is 53.1 Å². The number of rotatable bonds is 6. The highest BCUT2D eigenvalue weighted by molar-refractivity contribution is 14.0. The molecule has 142 valence electrons. The molecule has 1 aliphatic rings. The van der Waals surface area contributed by atoms with Crippen LogP contribution in [0.25, 0.3) is 0 Å². The first kappa shape index (κ1) is 22.8. The van der Waals surface area contributed by atoms with Crippen LogP contribution in [0.5, 0.6) is 0 Å². The summed E-state index contributed by atoms with van der Waals surface area (Å²) >= 11 is 12.1. The molecule has 25 heavy (non-hydrogen) atoms. The van der Waals surface area contributed by atoms with Crippen molar-refractivity contribution in [1.29, 1.82) is 0 Å². The van der Waals surface area contributed by atoms with Crippen LogP contribution in [0.3, 0.4) is 0 Å². The molecule has 5 nitrogen and oxygen atoms in total. The number of nitrogens with zero attached hydrogens (tertiary/aromatic N) is 2. The molecular weight excluding hydrogens is 474 g/mol. The summed E-state index contributed by atoms with van der Waals surface area (Å²) in [6, 6.07) is 5.41. The van der Waals surface area contributed by atoms with Crippen molar-refractivity contribution < 1.29 is 4.74 Å². The van der Waals surface area contributed by atoms with Crippen LogP contribution < -0.4 is 11.1 Å². The molecule has 1 fully saturated rings. The van der Waals surface area contributed by atoms with Crippen molar-refractivity contribution in [2.24, 2.45) is 16.6 Å². The van der Waals surface area contributed by atoms with Crippen molar-refractivity contribution in [2.75, 3.05) is 39.4 Å². The first-order chi connectivity index (χ1) is 11.5. The molecule has 1 aromatic carbocycles. The van der Waals surface area contributed by atoms with Gasteiger partial charge in [0.1, 0.15) is 0 Å². The zero-order valence-electron chi connectivity index (χ0n) is 14.7. The molecule has 0 aromatic heterocycles. The second-order valence-electron chi connectivity index (χ2n) is 6.28. The molecule has 0 saturated carbocycles. The minimum Gasteiger partial charge on any atom is -0.379 e. The van der Waals surface area contributed by atoms with Gasteiger partial charge < -0.3 is 15.8 Å². The topological polar surface area (TPSA) is 62.9 Å². The number of morpholine rings is 1. The number of benzene rings is 1. The smallest absolute Gasteiger partial charge is 0.189 e. The fourth-order valence-corrected chi connectivity index (χ4v) is 3.31. The lowest BCUT2D eigenvalue weighted by atomic mass is 10.1. The van der Waals surface area contributed by atoms with E-state index >= 15 is 0 Å². The zero-order chi connectivity index (χ0) is 17.5. The maximum Gasteiger partial charge on any atom is 0.189 e. The number of nitrogens with two attached hydrogens (primary N) is 1. The average Bonchev–Trinajstić information content (AvgIpc) is 2.53. The Morgan fingerprint density at radius 1 is 1.32 bits per heavy atom. The second-order valence-corrected chi connectivity index (χ2v) is 7.12. The number of hydrogen-bond acceptors (Lipinski definition) is 3. The summed E-state index contributed by atoms with van der Waals surface area (Å²) in [4.78, 5) is 6.86. The summed E-state index contributed by atoms with van der Waals surface area (Å²) in [6.07, 6.45) is 0. The predicted molar refractivity (Wildman–Crippen MR) is 116 cm³/mol. The molecule has 2 atom stereocenters. The van der Waals surface area contributed by atoms with Crippen molar-refractivity contribution in [3.05, 3.63) is 33.8 Å². The molecule has 0 bridgehead atoms. The van der Waals surface area contributed by atoms with E-state index in [1.54, 1.807) is 6.07 Å². The van der Waals surface area contributed by atoms with E-state index < -0.39 is 0 Å². The average molecular weight is 501 g/mol. The van der Waals surface area contributed by atoms with Gasteiger partial charge in [0.05, 0.1) is 19.3 Å². The molecule has 2 rings (SSSR count). The van der Waals surface area contributed by atoms with E-state index in [2.05, 4.69) is 22.1 Å². The molecule has 8 heteroatoms. The Morgan fingerprint density at radius 3 is 2.64 bits per heavy atom. The summed E-state index contributed by atoms with van der Waals surface area (Å²) < 4.78 is 5.36. The van der Waals surface area contributed by atoms with E-state index in [9.17, 15) is 0 Å². The maximum absolute atomic E-state index is 6.22. The van der Waals surface area contributed by atoms with Crippen LogP contribution in [0.2, 0.25) is 10.0 Å². The third kappa shape index (κ3) is 7.86. The van der Waals surface area contributed by atoms with E-state index in [-0.39, 0.29) is 30.0 Å². The van der Waals surface area contributed by atoms with Gasteiger partial charge in [-0.05, 0) is 30.5 Å². The van der Waals surface area contributed by atoms with E-state index in [1.807, 2.05) is 19.1 Å². The first-order valence-electron chi connectivity index (χ1n) is 8.27. The van der Waals surface area contributed by atoms with Gasteiger partial charge >= 0.3 is 0 Å². The van der Waals surface area contributed by atoms with E-state index in [0.29, 0.717) is 28.5 Å². The SMILES string of the molecule is CC(CN=C(N)NC(C)c1ccc(Cl)cc1Cl)CN1CCOCC1.I. The fourth-order valence-electron chi connectivity index (χ4n) is 2.73. The molecule has 2 unspecified atom stereocenters. The van der Waals surface area contributed by atoms with Crippen LogP contribution in [0.1, 0.15) is 25.5 Å². The Balaban J connectivity index is 0.00000312. The number of guanidine groups is 1. The number of hydrogen-bond donors (Lipinski definition) is 2. The fraction of sp³-hybridized carbons (Fsp3) is 0.588. The zero-order valence-corrected chi connectivity index (χ0v) is 18.5. The Kier molecular flexibility index (Phi) is 10.4. The molecular formula is C17H27Cl2IN4O. The molecule has 1 aromatic rings. The summed E-state index contributed by atoms with van der Waals surface area (Å²) in [7, 11) is 0. The van der Waals surface area contributed by atoms with Crippen molar-refractivity contribution in [3.63, 3.8) is 0 Å². The van der Waals surface area contributed by atoms with Crippen LogP contribution in [-0.2, 0) is 4.74 Å². The van der Waals surface area contributed by atoms with Gasteiger partial charge in [0.15, 0.2) is 5.96 Å². The number of ether oxygens (including phenoxy) is 1. The molecule has 1 aliphatic heterocycles. The van der Waals surface area contributed by atoms with Crippen molar-refractivity contribution in [3.8, 4) is 0 Å². The van der Waals surface area contributed by atoms with Gasteiger partial charge in [-0.25, -0.2) is 0 Å². The lowest BCUT2D eigenvalue weighted by molar-refractivity contribution is 0.0323. The molecule has 0 spiro atoms. The van der Waals surface area contributed by atoms with E-state index in [1.165, 1.54) is 0 Å². The van der Waals surface area contributed by atoms with Crippen LogP contribution in [0.4, 0.5) is 0 Å². The van der Waals surface area contributed by atoms with Gasteiger partial charge in [-0.15, -0.1) is 24.0 Å². The summed E-state index contributed by atoms with van der Waals surface area (Å²) in [6.45, 7) is 9.51. The standard InChI is InChI=1S/C17H26Cl2N4O.HI/c1-12(11-23-5-7-24-8-6-23)10-21-17(20)22-13(2)15-4-3-14(18)9-16(15)19;/h3-4,9,12-13H,5-8,10-11H2,1-2H3,(H3,20,21,22);1H. The Morgan fingerprint density at radius 2 is 2.00 bits per heavy atom. The lowest BCUT2D eigenvalue weighted by Crippen LogP contribution is -2.40. The predicted octanol–water partition coefficient (Wildman–Crippen LogP) is 3.55. The van der Waals surface area contributed by atoms with Gasteiger partial charge in [0, 0.05) is 36.2 Å². The van der Waals surface area contributed by atoms with Gasteiger partial charge in [-0.1, -0.05) is 36.2 Å². The number of nitrogens with one attached hydrogen (secondary N) is 1. The third-order valence-electron chi connectivity index (χ3n) is 4.04. The lowest BCUT2D eigenvalue weighted by Gasteiger charge is -2.28. The Hall–Kier alpha value is -0.280. The quantitative estimate of drug-likeness (QED) is 0.356. The summed E-state index contributed by atoms with van der Waals surface area (Å²) in [5, 5.41) is 4.42. The molecule has 1 heterocycles. The van der Waals surface area contributed by atoms with Crippen molar-refractivity contribution in [1.82, 2.24) is 10.2 Å². The van der Waals surface area contributed by atoms with Crippen LogP contribution in [-0.4, -0.2) is 50.3 Å². The minimum atomic E-state index is -0.0342. The van der Waals surface area contributed by atoms with Gasteiger partial charge in [-0.3, -0.25) is 9.89 Å². The Bertz CT molecular complexity index is 568. The summed E-state index contributed by atoms with van der Waals surface area (Å²) in [5.41, 5.74) is 6.95. The van der Waals surface area contributed by atoms with Gasteiger partial charge in [-0.2, -0.15) is 0 Å². The molecule has 0 radical (unpaired) electrons. The minimum absolute atomic E-state index is 0. The summed E-state index contributed by atoms with van der Waals surface area (Å²) in [5.74, 6) is 0.875. The highest BCUT2D eigenvalue weighted by Gasteiger charge is 2.14. The molecule has 0 aliphatic carbocycles. The van der Waals surface area contributed by atoms with E-state index in [4.69, 9.17) is 33.7 Å². The monoisotopic (exact) mass is 500 g/mol. The molecule has 3 N–H and O–H groups in total. The Labute approximate surface area is 177 Å². The van der Waals surface area contributed by atoms with Crippen LogP contribution in [0, 0.1) is 5.92 Å².